The van der Waals surface area contributed by atoms with Gasteiger partial charge in [0.1, 0.15) is 5.69 Å². The Morgan fingerprint density at radius 3 is 2.57 bits per heavy atom. The highest BCUT2D eigenvalue weighted by atomic mass is 19.4. The highest BCUT2D eigenvalue weighted by Crippen LogP contribution is 2.27. The lowest BCUT2D eigenvalue weighted by Gasteiger charge is -2.14. The van der Waals surface area contributed by atoms with E-state index >= 15 is 0 Å². The minimum atomic E-state index is -4.66. The van der Waals surface area contributed by atoms with E-state index in [1.807, 2.05) is 0 Å². The highest BCUT2D eigenvalue weighted by molar-refractivity contribution is 5.84. The van der Waals surface area contributed by atoms with Crippen LogP contribution in [0, 0.1) is 0 Å². The van der Waals surface area contributed by atoms with Crippen LogP contribution in [0.25, 0.3) is 0 Å². The molecule has 0 spiro atoms. The fourth-order valence-electron chi connectivity index (χ4n) is 1.71. The van der Waals surface area contributed by atoms with Crippen molar-refractivity contribution >= 4 is 5.97 Å². The number of aryl methyl sites for hydroxylation is 1. The second-order valence-electron chi connectivity index (χ2n) is 4.07. The van der Waals surface area contributed by atoms with Crippen LogP contribution in [0.2, 0.25) is 0 Å². The molecule has 2 heterocycles. The Morgan fingerprint density at radius 2 is 2.00 bits per heavy atom. The zero-order chi connectivity index (χ0) is 15.6. The van der Waals surface area contributed by atoms with Gasteiger partial charge in [-0.3, -0.25) is 4.79 Å². The van der Waals surface area contributed by atoms with Gasteiger partial charge in [-0.15, -0.1) is 5.10 Å². The van der Waals surface area contributed by atoms with Crippen molar-refractivity contribution in [2.24, 2.45) is 0 Å². The van der Waals surface area contributed by atoms with Crippen molar-refractivity contribution in [3.8, 4) is 0 Å². The Hall–Kier alpha value is -2.65. The molecule has 0 bridgehead atoms. The summed E-state index contributed by atoms with van der Waals surface area (Å²) in [6, 6.07) is 2.84. The molecule has 1 N–H and O–H groups in total. The molecule has 2 rings (SSSR count). The number of carbonyl (C=O) groups is 1. The smallest absolute Gasteiger partial charge is 0.431 e. The summed E-state index contributed by atoms with van der Waals surface area (Å²) in [5, 5.41) is 15.4. The van der Waals surface area contributed by atoms with Crippen LogP contribution < -0.4 is 5.56 Å². The SMILES string of the molecule is O=C(O)c1cn(CCn2c(C(F)(F)F)cccc2=O)nn1. The van der Waals surface area contributed by atoms with Gasteiger partial charge in [0.15, 0.2) is 5.69 Å². The molecular weight excluding hydrogens is 293 g/mol. The van der Waals surface area contributed by atoms with Gasteiger partial charge >= 0.3 is 12.1 Å². The number of carboxylic acid groups (broad SMARTS) is 1. The predicted octanol–water partition coefficient (Wildman–Crippen LogP) is 0.857. The van der Waals surface area contributed by atoms with Crippen molar-refractivity contribution in [1.82, 2.24) is 19.6 Å². The topological polar surface area (TPSA) is 90.0 Å². The molecule has 0 aliphatic heterocycles. The first-order valence-corrected chi connectivity index (χ1v) is 5.69. The van der Waals surface area contributed by atoms with Crippen LogP contribution >= 0.6 is 0 Å². The molecule has 0 aromatic carbocycles. The summed E-state index contributed by atoms with van der Waals surface area (Å²) in [7, 11) is 0. The molecule has 0 radical (unpaired) electrons. The number of hydrogen-bond donors (Lipinski definition) is 1. The molecule has 0 aliphatic carbocycles. The summed E-state index contributed by atoms with van der Waals surface area (Å²) in [4.78, 5) is 22.2. The number of nitrogens with zero attached hydrogens (tertiary/aromatic N) is 4. The lowest BCUT2D eigenvalue weighted by molar-refractivity contribution is -0.144. The number of rotatable bonds is 4. The predicted molar refractivity (Wildman–Crippen MR) is 62.7 cm³/mol. The first kappa shape index (κ1) is 14.8. The van der Waals surface area contributed by atoms with E-state index in [-0.39, 0.29) is 18.8 Å². The third-order valence-electron chi connectivity index (χ3n) is 2.65. The van der Waals surface area contributed by atoms with Crippen LogP contribution in [0.1, 0.15) is 16.2 Å². The van der Waals surface area contributed by atoms with Gasteiger partial charge in [0, 0.05) is 12.6 Å². The van der Waals surface area contributed by atoms with E-state index in [9.17, 15) is 22.8 Å². The van der Waals surface area contributed by atoms with E-state index in [4.69, 9.17) is 5.11 Å². The normalized spacial score (nSPS) is 11.6. The monoisotopic (exact) mass is 302 g/mol. The Kier molecular flexibility index (Phi) is 3.78. The molecule has 0 atom stereocenters. The number of aromatic nitrogens is 4. The zero-order valence-corrected chi connectivity index (χ0v) is 10.4. The Labute approximate surface area is 115 Å². The first-order chi connectivity index (χ1) is 9.79. The minimum Gasteiger partial charge on any atom is -0.476 e. The molecule has 0 aliphatic rings. The lowest BCUT2D eigenvalue weighted by atomic mass is 10.3. The summed E-state index contributed by atoms with van der Waals surface area (Å²) in [6.45, 7) is -0.426. The average molecular weight is 302 g/mol. The fourth-order valence-corrected chi connectivity index (χ4v) is 1.71. The molecule has 2 aromatic heterocycles. The first-order valence-electron chi connectivity index (χ1n) is 5.69. The largest absolute Gasteiger partial charge is 0.476 e. The Bertz CT molecular complexity index is 720. The molecule has 10 heteroatoms. The second-order valence-corrected chi connectivity index (χ2v) is 4.07. The number of alkyl halides is 3. The van der Waals surface area contributed by atoms with E-state index < -0.39 is 23.4 Å². The van der Waals surface area contributed by atoms with Crippen LogP contribution in [-0.4, -0.2) is 30.6 Å². The summed E-state index contributed by atoms with van der Waals surface area (Å²) in [5.74, 6) is -1.30. The quantitative estimate of drug-likeness (QED) is 0.904. The maximum atomic E-state index is 12.8. The number of hydrogen-bond acceptors (Lipinski definition) is 4. The van der Waals surface area contributed by atoms with Crippen molar-refractivity contribution in [2.45, 2.75) is 19.3 Å². The minimum absolute atomic E-state index is 0.118. The van der Waals surface area contributed by atoms with E-state index in [1.165, 1.54) is 0 Å². The summed E-state index contributed by atoms with van der Waals surface area (Å²) in [5.41, 5.74) is -2.21. The van der Waals surface area contributed by atoms with Crippen molar-refractivity contribution in [2.75, 3.05) is 0 Å². The molecule has 2 aromatic rings. The fraction of sp³-hybridized carbons (Fsp3) is 0.273. The van der Waals surface area contributed by atoms with Crippen molar-refractivity contribution < 1.29 is 23.1 Å². The number of pyridine rings is 1. The lowest BCUT2D eigenvalue weighted by Crippen LogP contribution is -2.28. The van der Waals surface area contributed by atoms with Crippen molar-refractivity contribution in [3.63, 3.8) is 0 Å². The zero-order valence-electron chi connectivity index (χ0n) is 10.4. The number of halogens is 3. The van der Waals surface area contributed by atoms with Crippen LogP contribution in [-0.2, 0) is 19.3 Å². The molecule has 0 unspecified atom stereocenters. The van der Waals surface area contributed by atoms with E-state index in [1.54, 1.807) is 0 Å². The molecule has 21 heavy (non-hydrogen) atoms. The molecule has 0 fully saturated rings. The molecule has 112 valence electrons. The van der Waals surface area contributed by atoms with Gasteiger partial charge in [-0.25, -0.2) is 9.48 Å². The van der Waals surface area contributed by atoms with E-state index in [0.29, 0.717) is 4.57 Å². The van der Waals surface area contributed by atoms with Crippen LogP contribution in [0.5, 0.6) is 0 Å². The van der Waals surface area contributed by atoms with Gasteiger partial charge in [0.05, 0.1) is 12.7 Å². The standard InChI is InChI=1S/C11H9F3N4O3/c12-11(13,14)8-2-1-3-9(19)18(8)5-4-17-6-7(10(20)21)15-16-17/h1-3,6H,4-5H2,(H,20,21). The van der Waals surface area contributed by atoms with Crippen LogP contribution in [0.15, 0.2) is 29.2 Å². The van der Waals surface area contributed by atoms with Gasteiger partial charge < -0.3 is 9.67 Å². The van der Waals surface area contributed by atoms with Crippen molar-refractivity contribution in [3.05, 3.63) is 46.1 Å². The second kappa shape index (κ2) is 5.38. The maximum absolute atomic E-state index is 12.8. The van der Waals surface area contributed by atoms with Gasteiger partial charge in [0.2, 0.25) is 0 Å². The Balaban J connectivity index is 2.23. The molecular formula is C11H9F3N4O3. The summed E-state index contributed by atoms with van der Waals surface area (Å²) >= 11 is 0. The number of carboxylic acids is 1. The molecule has 0 saturated carbocycles. The number of aromatic carboxylic acids is 1. The van der Waals surface area contributed by atoms with Gasteiger partial charge in [0.25, 0.3) is 5.56 Å². The molecule has 0 amide bonds. The van der Waals surface area contributed by atoms with Crippen LogP contribution in [0.3, 0.4) is 0 Å². The van der Waals surface area contributed by atoms with Gasteiger partial charge in [-0.1, -0.05) is 11.3 Å². The summed E-state index contributed by atoms with van der Waals surface area (Å²) in [6.07, 6.45) is -3.58. The van der Waals surface area contributed by atoms with Crippen molar-refractivity contribution in [1.29, 1.82) is 0 Å². The van der Waals surface area contributed by atoms with E-state index in [0.717, 1.165) is 29.1 Å². The van der Waals surface area contributed by atoms with E-state index in [2.05, 4.69) is 10.3 Å². The third kappa shape index (κ3) is 3.27. The maximum Gasteiger partial charge on any atom is 0.431 e. The van der Waals surface area contributed by atoms with Gasteiger partial charge in [-0.05, 0) is 6.07 Å². The third-order valence-corrected chi connectivity index (χ3v) is 2.65. The highest BCUT2D eigenvalue weighted by Gasteiger charge is 2.34. The van der Waals surface area contributed by atoms with Crippen LogP contribution in [0.4, 0.5) is 13.2 Å². The Morgan fingerprint density at radius 1 is 1.29 bits per heavy atom. The summed E-state index contributed by atoms with van der Waals surface area (Å²) < 4.78 is 40.0. The molecule has 0 saturated heterocycles. The molecule has 7 nitrogen and oxygen atoms in total. The van der Waals surface area contributed by atoms with Gasteiger partial charge in [-0.2, -0.15) is 13.2 Å². The average Bonchev–Trinajstić information content (AvgIpc) is 2.85.